The zero-order valence-corrected chi connectivity index (χ0v) is 14.7. The first kappa shape index (κ1) is 16.4. The van der Waals surface area contributed by atoms with E-state index in [4.69, 9.17) is 0 Å². The molecule has 2 fully saturated rings. The fourth-order valence-corrected chi connectivity index (χ4v) is 5.74. The van der Waals surface area contributed by atoms with Gasteiger partial charge in [0.25, 0.3) is 5.91 Å². The minimum absolute atomic E-state index is 0.0213. The quantitative estimate of drug-likeness (QED) is 0.785. The molecule has 0 aliphatic carbocycles. The van der Waals surface area contributed by atoms with Crippen molar-refractivity contribution in [3.05, 3.63) is 21.9 Å². The van der Waals surface area contributed by atoms with Crippen molar-refractivity contribution in [1.29, 1.82) is 0 Å². The fourth-order valence-electron chi connectivity index (χ4n) is 3.11. The van der Waals surface area contributed by atoms with Gasteiger partial charge < -0.3 is 9.80 Å². The highest BCUT2D eigenvalue weighted by molar-refractivity contribution is 7.91. The van der Waals surface area contributed by atoms with Crippen LogP contribution in [0.5, 0.6) is 0 Å². The molecule has 0 aromatic carbocycles. The number of piperazine rings is 1. The zero-order chi connectivity index (χ0) is 16.6. The number of hydrogen-bond acceptors (Lipinski definition) is 5. The maximum Gasteiger partial charge on any atom is 0.264 e. The summed E-state index contributed by atoms with van der Waals surface area (Å²) in [5, 5.41) is 1.91. The van der Waals surface area contributed by atoms with Gasteiger partial charge >= 0.3 is 0 Å². The van der Waals surface area contributed by atoms with Crippen molar-refractivity contribution in [1.82, 2.24) is 9.80 Å². The Bertz CT molecular complexity index is 718. The second-order valence-electron chi connectivity index (χ2n) is 6.15. The highest BCUT2D eigenvalue weighted by atomic mass is 32.2. The number of carbonyl (C=O) groups excluding carboxylic acids is 2. The van der Waals surface area contributed by atoms with Crippen LogP contribution in [0.2, 0.25) is 0 Å². The Morgan fingerprint density at radius 3 is 2.35 bits per heavy atom. The molecule has 8 heteroatoms. The maximum absolute atomic E-state index is 12.5. The van der Waals surface area contributed by atoms with Gasteiger partial charge in [-0.1, -0.05) is 0 Å². The molecule has 3 rings (SSSR count). The summed E-state index contributed by atoms with van der Waals surface area (Å²) in [4.78, 5) is 29.1. The molecule has 0 saturated carbocycles. The van der Waals surface area contributed by atoms with Crippen LogP contribution >= 0.6 is 11.3 Å². The topological polar surface area (TPSA) is 74.8 Å². The monoisotopic (exact) mass is 356 g/mol. The normalized spacial score (nSPS) is 24.0. The van der Waals surface area contributed by atoms with E-state index in [2.05, 4.69) is 0 Å². The highest BCUT2D eigenvalue weighted by Gasteiger charge is 2.36. The minimum atomic E-state index is -3.05. The molecule has 1 atom stereocenters. The number of sulfone groups is 1. The predicted octanol–water partition coefficient (Wildman–Crippen LogP) is 0.776. The van der Waals surface area contributed by atoms with E-state index in [1.54, 1.807) is 9.80 Å². The van der Waals surface area contributed by atoms with Gasteiger partial charge in [0.2, 0.25) is 5.91 Å². The van der Waals surface area contributed by atoms with Crippen LogP contribution in [0.3, 0.4) is 0 Å². The van der Waals surface area contributed by atoms with Gasteiger partial charge in [0.15, 0.2) is 9.84 Å². The first-order valence-corrected chi connectivity index (χ1v) is 10.4. The molecule has 2 saturated heterocycles. The maximum atomic E-state index is 12.5. The number of hydrogen-bond donors (Lipinski definition) is 0. The molecule has 3 heterocycles. The summed E-state index contributed by atoms with van der Waals surface area (Å²) in [5.74, 6) is -0.376. The molecular formula is C15H20N2O4S2. The smallest absolute Gasteiger partial charge is 0.264 e. The molecular weight excluding hydrogens is 336 g/mol. The van der Waals surface area contributed by atoms with Crippen LogP contribution in [0.1, 0.15) is 21.7 Å². The first-order valence-electron chi connectivity index (χ1n) is 7.70. The molecule has 6 nitrogen and oxygen atoms in total. The Labute approximate surface area is 140 Å². The second kappa shape index (κ2) is 6.24. The summed E-state index contributed by atoms with van der Waals surface area (Å²) in [6.07, 6.45) is 0.425. The van der Waals surface area contributed by atoms with Gasteiger partial charge in [0, 0.05) is 26.2 Å². The van der Waals surface area contributed by atoms with Crippen LogP contribution in [0.4, 0.5) is 0 Å². The van der Waals surface area contributed by atoms with E-state index in [-0.39, 0.29) is 23.3 Å². The van der Waals surface area contributed by atoms with Crippen molar-refractivity contribution < 1.29 is 18.0 Å². The van der Waals surface area contributed by atoms with Crippen molar-refractivity contribution >= 4 is 33.0 Å². The summed E-state index contributed by atoms with van der Waals surface area (Å²) in [6.45, 7) is 3.88. The zero-order valence-electron chi connectivity index (χ0n) is 13.0. The average molecular weight is 356 g/mol. The largest absolute Gasteiger partial charge is 0.339 e. The molecule has 23 heavy (non-hydrogen) atoms. The number of carbonyl (C=O) groups is 2. The van der Waals surface area contributed by atoms with E-state index in [0.29, 0.717) is 32.6 Å². The van der Waals surface area contributed by atoms with Gasteiger partial charge in [-0.25, -0.2) is 8.42 Å². The van der Waals surface area contributed by atoms with Crippen LogP contribution in [-0.4, -0.2) is 67.7 Å². The first-order chi connectivity index (χ1) is 10.9. The lowest BCUT2D eigenvalue weighted by Gasteiger charge is -2.35. The standard InChI is InChI=1S/C15H20N2O4S2/c1-11-2-8-22-13(11)15(19)17-6-4-16(5-7-17)14(18)12-3-9-23(20,21)10-12/h2,8,12H,3-7,9-10H2,1H3/t12-/m1/s1. The molecule has 2 aliphatic heterocycles. The van der Waals surface area contributed by atoms with Crippen LogP contribution in [-0.2, 0) is 14.6 Å². The number of thiophene rings is 1. The lowest BCUT2D eigenvalue weighted by Crippen LogP contribution is -2.52. The van der Waals surface area contributed by atoms with Crippen molar-refractivity contribution in [2.24, 2.45) is 5.92 Å². The van der Waals surface area contributed by atoms with Crippen molar-refractivity contribution in [2.75, 3.05) is 37.7 Å². The van der Waals surface area contributed by atoms with E-state index in [1.807, 2.05) is 18.4 Å². The summed E-state index contributed by atoms with van der Waals surface area (Å²) in [7, 11) is -3.05. The molecule has 126 valence electrons. The highest BCUT2D eigenvalue weighted by Crippen LogP contribution is 2.23. The van der Waals surface area contributed by atoms with Gasteiger partial charge in [-0.05, 0) is 30.4 Å². The third kappa shape index (κ3) is 3.42. The minimum Gasteiger partial charge on any atom is -0.339 e. The Hall–Kier alpha value is -1.41. The van der Waals surface area contributed by atoms with E-state index >= 15 is 0 Å². The Balaban J connectivity index is 1.57. The molecule has 0 spiro atoms. The SMILES string of the molecule is Cc1ccsc1C(=O)N1CCN(C(=O)[C@@H]2CCS(=O)(=O)C2)CC1. The van der Waals surface area contributed by atoms with E-state index in [0.717, 1.165) is 10.4 Å². The molecule has 2 aliphatic rings. The molecule has 1 aromatic heterocycles. The van der Waals surface area contributed by atoms with E-state index < -0.39 is 15.8 Å². The van der Waals surface area contributed by atoms with E-state index in [1.165, 1.54) is 11.3 Å². The second-order valence-corrected chi connectivity index (χ2v) is 9.30. The molecule has 0 radical (unpaired) electrons. The van der Waals surface area contributed by atoms with Crippen molar-refractivity contribution in [2.45, 2.75) is 13.3 Å². The van der Waals surface area contributed by atoms with Crippen LogP contribution in [0.15, 0.2) is 11.4 Å². The molecule has 0 bridgehead atoms. The summed E-state index contributed by atoms with van der Waals surface area (Å²) < 4.78 is 23.0. The third-order valence-corrected chi connectivity index (χ3v) is 7.29. The average Bonchev–Trinajstić information content (AvgIpc) is 3.11. The van der Waals surface area contributed by atoms with Gasteiger partial charge in [0.05, 0.1) is 22.3 Å². The fraction of sp³-hybridized carbons (Fsp3) is 0.600. The van der Waals surface area contributed by atoms with Gasteiger partial charge in [0.1, 0.15) is 0 Å². The molecule has 0 N–H and O–H groups in total. The van der Waals surface area contributed by atoms with Gasteiger partial charge in [-0.2, -0.15) is 0 Å². The number of rotatable bonds is 2. The van der Waals surface area contributed by atoms with Crippen LogP contribution < -0.4 is 0 Å². The summed E-state index contributed by atoms with van der Waals surface area (Å²) in [6, 6.07) is 1.93. The summed E-state index contributed by atoms with van der Waals surface area (Å²) in [5.41, 5.74) is 0.981. The number of amides is 2. The summed E-state index contributed by atoms with van der Waals surface area (Å²) >= 11 is 1.44. The Morgan fingerprint density at radius 2 is 1.83 bits per heavy atom. The van der Waals surface area contributed by atoms with Gasteiger partial charge in [-0.3, -0.25) is 9.59 Å². The lowest BCUT2D eigenvalue weighted by molar-refractivity contribution is -0.136. The molecule has 0 unspecified atom stereocenters. The van der Waals surface area contributed by atoms with Crippen molar-refractivity contribution in [3.8, 4) is 0 Å². The Morgan fingerprint density at radius 1 is 1.17 bits per heavy atom. The third-order valence-electron chi connectivity index (χ3n) is 4.52. The van der Waals surface area contributed by atoms with Crippen LogP contribution in [0, 0.1) is 12.8 Å². The molecule has 1 aromatic rings. The number of aryl methyl sites for hydroxylation is 1. The molecule has 2 amide bonds. The van der Waals surface area contributed by atoms with Crippen LogP contribution in [0.25, 0.3) is 0 Å². The lowest BCUT2D eigenvalue weighted by atomic mass is 10.1. The van der Waals surface area contributed by atoms with Gasteiger partial charge in [-0.15, -0.1) is 11.3 Å². The number of nitrogens with zero attached hydrogens (tertiary/aromatic N) is 2. The van der Waals surface area contributed by atoms with Crippen molar-refractivity contribution in [3.63, 3.8) is 0 Å². The van der Waals surface area contributed by atoms with E-state index in [9.17, 15) is 18.0 Å². The predicted molar refractivity (Wildman–Crippen MR) is 88.3 cm³/mol. The Kier molecular flexibility index (Phi) is 4.46.